The van der Waals surface area contributed by atoms with Gasteiger partial charge in [0.05, 0.1) is 7.11 Å². The van der Waals surface area contributed by atoms with Crippen molar-refractivity contribution in [3.8, 4) is 17.6 Å². The Morgan fingerprint density at radius 2 is 1.72 bits per heavy atom. The molecule has 1 rings (SSSR count). The monoisotopic (exact) mass is 346 g/mol. The van der Waals surface area contributed by atoms with Crippen LogP contribution in [0.15, 0.2) is 24.3 Å². The number of carbonyl (C=O) groups excluding carboxylic acids is 2. The van der Waals surface area contributed by atoms with E-state index in [-0.39, 0.29) is 6.61 Å². The molecule has 0 aliphatic rings. The van der Waals surface area contributed by atoms with E-state index in [0.717, 1.165) is 12.8 Å². The summed E-state index contributed by atoms with van der Waals surface area (Å²) >= 11 is 0. The van der Waals surface area contributed by atoms with E-state index in [1.807, 2.05) is 0 Å². The standard InChI is InChI=1S/C19H26N2O4/c1-3-4-5-6-7-8-9-10-15-25-19(23)21-20-18(22)16-11-13-17(24-2)14-12-16/h11-14H,3-7,10,15H2,1-2H3,(H,20,22)(H,21,23). The van der Waals surface area contributed by atoms with Gasteiger partial charge in [0.1, 0.15) is 12.4 Å². The van der Waals surface area contributed by atoms with Crippen molar-refractivity contribution < 1.29 is 19.1 Å². The molecule has 0 aliphatic heterocycles. The second kappa shape index (κ2) is 12.7. The SMILES string of the molecule is CCCCCCC#CCCOC(=O)NNC(=O)c1ccc(OC)cc1. The van der Waals surface area contributed by atoms with Gasteiger partial charge in [0.25, 0.3) is 5.91 Å². The lowest BCUT2D eigenvalue weighted by atomic mass is 10.1. The smallest absolute Gasteiger partial charge is 0.426 e. The highest BCUT2D eigenvalue weighted by molar-refractivity contribution is 5.95. The highest BCUT2D eigenvalue weighted by atomic mass is 16.6. The Hall–Kier alpha value is -2.68. The molecule has 1 aromatic rings. The maximum Gasteiger partial charge on any atom is 0.426 e. The number of rotatable bonds is 8. The number of benzene rings is 1. The molecule has 0 unspecified atom stereocenters. The van der Waals surface area contributed by atoms with Gasteiger partial charge in [-0.15, -0.1) is 5.92 Å². The minimum atomic E-state index is -0.716. The predicted octanol–water partition coefficient (Wildman–Crippen LogP) is 3.43. The number of hydrogen-bond acceptors (Lipinski definition) is 4. The molecule has 6 heteroatoms. The summed E-state index contributed by atoms with van der Waals surface area (Å²) in [6.45, 7) is 2.36. The fourth-order valence-electron chi connectivity index (χ4n) is 1.97. The van der Waals surface area contributed by atoms with Gasteiger partial charge in [-0.05, 0) is 30.7 Å². The quantitative estimate of drug-likeness (QED) is 0.429. The summed E-state index contributed by atoms with van der Waals surface area (Å²) in [5.74, 6) is 6.23. The Kier molecular flexibility index (Phi) is 10.4. The fraction of sp³-hybridized carbons (Fsp3) is 0.474. The van der Waals surface area contributed by atoms with E-state index in [0.29, 0.717) is 17.7 Å². The second-order valence-corrected chi connectivity index (χ2v) is 5.36. The van der Waals surface area contributed by atoms with Crippen LogP contribution in [-0.2, 0) is 4.74 Å². The lowest BCUT2D eigenvalue weighted by molar-refractivity contribution is 0.0911. The van der Waals surface area contributed by atoms with Gasteiger partial charge in [-0.2, -0.15) is 0 Å². The van der Waals surface area contributed by atoms with Crippen molar-refractivity contribution in [2.45, 2.75) is 45.4 Å². The van der Waals surface area contributed by atoms with E-state index in [1.54, 1.807) is 31.4 Å². The highest BCUT2D eigenvalue weighted by Gasteiger charge is 2.07. The molecule has 0 atom stereocenters. The summed E-state index contributed by atoms with van der Waals surface area (Å²) in [6.07, 6.45) is 5.42. The minimum absolute atomic E-state index is 0.187. The van der Waals surface area contributed by atoms with Crippen LogP contribution in [0.3, 0.4) is 0 Å². The van der Waals surface area contributed by atoms with Gasteiger partial charge in [0.2, 0.25) is 0 Å². The lowest BCUT2D eigenvalue weighted by Gasteiger charge is -2.08. The third kappa shape index (κ3) is 9.26. The van der Waals surface area contributed by atoms with E-state index in [2.05, 4.69) is 29.6 Å². The summed E-state index contributed by atoms with van der Waals surface area (Å²) < 4.78 is 9.93. The number of hydrazine groups is 1. The van der Waals surface area contributed by atoms with Gasteiger partial charge in [0.15, 0.2) is 0 Å². The Morgan fingerprint density at radius 1 is 1.00 bits per heavy atom. The van der Waals surface area contributed by atoms with Crippen molar-refractivity contribution in [1.29, 1.82) is 0 Å². The van der Waals surface area contributed by atoms with Gasteiger partial charge in [-0.25, -0.2) is 10.2 Å². The molecule has 6 nitrogen and oxygen atoms in total. The number of hydrogen-bond donors (Lipinski definition) is 2. The van der Waals surface area contributed by atoms with E-state index in [1.165, 1.54) is 19.3 Å². The average Bonchev–Trinajstić information content (AvgIpc) is 2.64. The fourth-order valence-corrected chi connectivity index (χ4v) is 1.97. The van der Waals surface area contributed by atoms with E-state index < -0.39 is 12.0 Å². The van der Waals surface area contributed by atoms with Gasteiger partial charge in [0, 0.05) is 18.4 Å². The first-order chi connectivity index (χ1) is 12.2. The summed E-state index contributed by atoms with van der Waals surface area (Å²) in [5, 5.41) is 0. The maximum absolute atomic E-state index is 11.8. The molecule has 0 heterocycles. The van der Waals surface area contributed by atoms with Crippen molar-refractivity contribution in [3.05, 3.63) is 29.8 Å². The highest BCUT2D eigenvalue weighted by Crippen LogP contribution is 2.10. The molecule has 0 saturated carbocycles. The van der Waals surface area contributed by atoms with Crippen molar-refractivity contribution in [1.82, 2.24) is 10.9 Å². The largest absolute Gasteiger partial charge is 0.497 e. The van der Waals surface area contributed by atoms with Crippen LogP contribution in [0, 0.1) is 11.8 Å². The maximum atomic E-state index is 11.8. The molecule has 0 spiro atoms. The van der Waals surface area contributed by atoms with Crippen LogP contribution in [0.25, 0.3) is 0 Å². The van der Waals surface area contributed by atoms with Crippen molar-refractivity contribution in [2.75, 3.05) is 13.7 Å². The molecule has 0 saturated heterocycles. The van der Waals surface area contributed by atoms with Gasteiger partial charge >= 0.3 is 6.09 Å². The van der Waals surface area contributed by atoms with E-state index in [9.17, 15) is 9.59 Å². The predicted molar refractivity (Wildman–Crippen MR) is 96.1 cm³/mol. The zero-order valence-electron chi connectivity index (χ0n) is 14.9. The molecule has 0 bridgehead atoms. The normalized spacial score (nSPS) is 9.52. The molecule has 136 valence electrons. The number of carbonyl (C=O) groups is 2. The van der Waals surface area contributed by atoms with Crippen molar-refractivity contribution in [2.24, 2.45) is 0 Å². The summed E-state index contributed by atoms with van der Waals surface area (Å²) in [5.41, 5.74) is 4.87. The van der Waals surface area contributed by atoms with Crippen molar-refractivity contribution in [3.63, 3.8) is 0 Å². The van der Waals surface area contributed by atoms with Crippen LogP contribution in [0.5, 0.6) is 5.75 Å². The number of unbranched alkanes of at least 4 members (excludes halogenated alkanes) is 4. The third-order valence-electron chi connectivity index (χ3n) is 3.37. The Morgan fingerprint density at radius 3 is 2.40 bits per heavy atom. The van der Waals surface area contributed by atoms with Gasteiger partial charge < -0.3 is 9.47 Å². The van der Waals surface area contributed by atoms with E-state index in [4.69, 9.17) is 9.47 Å². The van der Waals surface area contributed by atoms with Crippen LogP contribution in [-0.4, -0.2) is 25.7 Å². The number of nitrogens with one attached hydrogen (secondary N) is 2. The number of amides is 2. The zero-order valence-corrected chi connectivity index (χ0v) is 14.9. The number of methoxy groups -OCH3 is 1. The molecule has 1 aromatic carbocycles. The first kappa shape index (κ1) is 20.4. The van der Waals surface area contributed by atoms with Gasteiger partial charge in [-0.1, -0.05) is 32.1 Å². The molecule has 2 N–H and O–H groups in total. The summed E-state index contributed by atoms with van der Waals surface area (Å²) in [4.78, 5) is 23.3. The summed E-state index contributed by atoms with van der Waals surface area (Å²) in [7, 11) is 1.55. The molecular formula is C19H26N2O4. The van der Waals surface area contributed by atoms with Crippen LogP contribution in [0.4, 0.5) is 4.79 Å². The molecule has 0 aromatic heterocycles. The first-order valence-corrected chi connectivity index (χ1v) is 8.50. The van der Waals surface area contributed by atoms with Crippen LogP contribution >= 0.6 is 0 Å². The molecule has 0 radical (unpaired) electrons. The average molecular weight is 346 g/mol. The Balaban J connectivity index is 2.13. The van der Waals surface area contributed by atoms with Gasteiger partial charge in [-0.3, -0.25) is 10.2 Å². The summed E-state index contributed by atoms with van der Waals surface area (Å²) in [6, 6.07) is 6.51. The molecule has 2 amide bonds. The zero-order chi connectivity index (χ0) is 18.3. The topological polar surface area (TPSA) is 76.7 Å². The van der Waals surface area contributed by atoms with Crippen LogP contribution < -0.4 is 15.6 Å². The van der Waals surface area contributed by atoms with Crippen molar-refractivity contribution >= 4 is 12.0 Å². The van der Waals surface area contributed by atoms with E-state index >= 15 is 0 Å². The molecule has 25 heavy (non-hydrogen) atoms. The van der Waals surface area contributed by atoms with Crippen LogP contribution in [0.2, 0.25) is 0 Å². The molecule has 0 aliphatic carbocycles. The molecule has 0 fully saturated rings. The minimum Gasteiger partial charge on any atom is -0.497 e. The first-order valence-electron chi connectivity index (χ1n) is 8.50. The number of ether oxygens (including phenoxy) is 2. The van der Waals surface area contributed by atoms with Crippen LogP contribution in [0.1, 0.15) is 55.8 Å². The third-order valence-corrected chi connectivity index (χ3v) is 3.37. The lowest BCUT2D eigenvalue weighted by Crippen LogP contribution is -2.42. The second-order valence-electron chi connectivity index (χ2n) is 5.36. The Labute approximate surface area is 149 Å². The molecular weight excluding hydrogens is 320 g/mol. The Bertz CT molecular complexity index is 588.